The Kier molecular flexibility index (Phi) is 6.58. The van der Waals surface area contributed by atoms with Gasteiger partial charge in [-0.2, -0.15) is 0 Å². The fourth-order valence-electron chi connectivity index (χ4n) is 4.05. The average Bonchev–Trinajstić information content (AvgIpc) is 3.54. The van der Waals surface area contributed by atoms with Crippen molar-refractivity contribution in [3.05, 3.63) is 78.9 Å². The zero-order valence-corrected chi connectivity index (χ0v) is 19.4. The van der Waals surface area contributed by atoms with Crippen LogP contribution in [0.3, 0.4) is 0 Å². The fourth-order valence-corrected chi connectivity index (χ4v) is 5.32. The molecule has 2 aromatic heterocycles. The van der Waals surface area contributed by atoms with Gasteiger partial charge in [0.15, 0.2) is 11.0 Å². The number of aromatic nitrogens is 4. The van der Waals surface area contributed by atoms with Crippen LogP contribution in [0.4, 0.5) is 0 Å². The quantitative estimate of drug-likeness (QED) is 0.325. The Hall–Kier alpha value is -3.32. The van der Waals surface area contributed by atoms with E-state index in [1.807, 2.05) is 54.4 Å². The molecule has 0 amide bonds. The lowest BCUT2D eigenvalue weighted by atomic mass is 10.1. The summed E-state index contributed by atoms with van der Waals surface area (Å²) < 4.78 is 13.4. The van der Waals surface area contributed by atoms with Crippen LogP contribution in [0.2, 0.25) is 0 Å². The molecular formula is C26H26N4O2S. The molecule has 0 bridgehead atoms. The molecule has 2 heterocycles. The van der Waals surface area contributed by atoms with Gasteiger partial charge >= 0.3 is 0 Å². The van der Waals surface area contributed by atoms with Gasteiger partial charge in [-0.05, 0) is 60.4 Å². The highest BCUT2D eigenvalue weighted by molar-refractivity contribution is 7.99. The van der Waals surface area contributed by atoms with Gasteiger partial charge in [0.2, 0.25) is 0 Å². The Morgan fingerprint density at radius 1 is 0.909 bits per heavy atom. The molecule has 0 radical (unpaired) electrons. The monoisotopic (exact) mass is 458 g/mol. The van der Waals surface area contributed by atoms with Gasteiger partial charge in [0.1, 0.15) is 18.1 Å². The lowest BCUT2D eigenvalue weighted by molar-refractivity contribution is 0.293. The second-order valence-corrected chi connectivity index (χ2v) is 9.28. The van der Waals surface area contributed by atoms with Crippen LogP contribution in [0.25, 0.3) is 16.8 Å². The van der Waals surface area contributed by atoms with Crippen LogP contribution in [-0.2, 0) is 6.61 Å². The van der Waals surface area contributed by atoms with E-state index >= 15 is 0 Å². The SMILES string of the molecule is COc1ccc(-c2ccc(OCc3nnc(SC4CCCC4)n3-c3cccnc3)cc2)cc1. The topological polar surface area (TPSA) is 62.1 Å². The number of hydrogen-bond donors (Lipinski definition) is 0. The third-order valence-corrected chi connectivity index (χ3v) is 7.10. The summed E-state index contributed by atoms with van der Waals surface area (Å²) in [5, 5.41) is 10.5. The molecule has 4 aromatic rings. The summed E-state index contributed by atoms with van der Waals surface area (Å²) in [6, 6.07) is 20.1. The van der Waals surface area contributed by atoms with E-state index in [2.05, 4.69) is 44.0 Å². The van der Waals surface area contributed by atoms with Crippen LogP contribution in [0.1, 0.15) is 31.5 Å². The van der Waals surface area contributed by atoms with Crippen LogP contribution in [0.5, 0.6) is 11.5 Å². The Morgan fingerprint density at radius 3 is 2.24 bits per heavy atom. The van der Waals surface area contributed by atoms with Crippen molar-refractivity contribution in [2.45, 2.75) is 42.7 Å². The number of thioether (sulfide) groups is 1. The molecule has 5 rings (SSSR count). The van der Waals surface area contributed by atoms with E-state index in [-0.39, 0.29) is 0 Å². The van der Waals surface area contributed by atoms with Gasteiger partial charge < -0.3 is 9.47 Å². The molecule has 168 valence electrons. The molecule has 0 atom stereocenters. The number of benzene rings is 2. The number of hydrogen-bond acceptors (Lipinski definition) is 6. The van der Waals surface area contributed by atoms with Crippen molar-refractivity contribution in [3.63, 3.8) is 0 Å². The van der Waals surface area contributed by atoms with Gasteiger partial charge in [0, 0.05) is 11.4 Å². The molecule has 7 heteroatoms. The molecule has 1 aliphatic carbocycles. The van der Waals surface area contributed by atoms with Crippen LogP contribution in [-0.4, -0.2) is 32.1 Å². The van der Waals surface area contributed by atoms with E-state index in [1.54, 1.807) is 13.3 Å². The molecule has 0 saturated heterocycles. The Morgan fingerprint density at radius 2 is 1.61 bits per heavy atom. The van der Waals surface area contributed by atoms with E-state index in [9.17, 15) is 0 Å². The smallest absolute Gasteiger partial charge is 0.196 e. The van der Waals surface area contributed by atoms with E-state index in [1.165, 1.54) is 25.7 Å². The van der Waals surface area contributed by atoms with E-state index in [4.69, 9.17) is 9.47 Å². The highest BCUT2D eigenvalue weighted by Gasteiger charge is 2.22. The molecule has 1 fully saturated rings. The predicted molar refractivity (Wildman–Crippen MR) is 130 cm³/mol. The first-order chi connectivity index (χ1) is 16.3. The predicted octanol–water partition coefficient (Wildman–Crippen LogP) is 5.95. The maximum atomic E-state index is 6.09. The van der Waals surface area contributed by atoms with Crippen molar-refractivity contribution in [3.8, 4) is 28.3 Å². The number of nitrogens with zero attached hydrogens (tertiary/aromatic N) is 4. The molecule has 1 aliphatic rings. The van der Waals surface area contributed by atoms with Crippen molar-refractivity contribution < 1.29 is 9.47 Å². The summed E-state index contributed by atoms with van der Waals surface area (Å²) in [5.41, 5.74) is 3.21. The third-order valence-electron chi connectivity index (χ3n) is 5.82. The van der Waals surface area contributed by atoms with E-state index in [0.717, 1.165) is 39.3 Å². The van der Waals surface area contributed by atoms with Crippen LogP contribution >= 0.6 is 11.8 Å². The van der Waals surface area contributed by atoms with Crippen molar-refractivity contribution in [1.29, 1.82) is 0 Å². The summed E-state index contributed by atoms with van der Waals surface area (Å²) in [4.78, 5) is 4.29. The maximum Gasteiger partial charge on any atom is 0.196 e. The maximum absolute atomic E-state index is 6.09. The Balaban J connectivity index is 1.32. The summed E-state index contributed by atoms with van der Waals surface area (Å²) in [5.74, 6) is 2.41. The molecular weight excluding hydrogens is 432 g/mol. The highest BCUT2D eigenvalue weighted by atomic mass is 32.2. The largest absolute Gasteiger partial charge is 0.497 e. The summed E-state index contributed by atoms with van der Waals surface area (Å²) in [6.45, 7) is 0.328. The standard InChI is InChI=1S/C26H26N4O2S/c1-31-22-12-8-19(9-13-22)20-10-14-23(15-11-20)32-18-25-28-29-26(33-24-6-2-3-7-24)30(25)21-5-4-16-27-17-21/h4-5,8-17,24H,2-3,6-7,18H2,1H3. The van der Waals surface area contributed by atoms with Crippen molar-refractivity contribution in [2.75, 3.05) is 7.11 Å². The van der Waals surface area contributed by atoms with Gasteiger partial charge in [-0.3, -0.25) is 9.55 Å². The summed E-state index contributed by atoms with van der Waals surface area (Å²) in [7, 11) is 1.67. The molecule has 0 aliphatic heterocycles. The minimum absolute atomic E-state index is 0.328. The summed E-state index contributed by atoms with van der Waals surface area (Å²) in [6.07, 6.45) is 8.67. The number of pyridine rings is 1. The Labute approximate surface area is 198 Å². The lowest BCUT2D eigenvalue weighted by Gasteiger charge is -2.13. The first-order valence-corrected chi connectivity index (χ1v) is 12.1. The van der Waals surface area contributed by atoms with Gasteiger partial charge in [0.05, 0.1) is 19.0 Å². The summed E-state index contributed by atoms with van der Waals surface area (Å²) >= 11 is 1.81. The first-order valence-electron chi connectivity index (χ1n) is 11.2. The van der Waals surface area contributed by atoms with E-state index in [0.29, 0.717) is 11.9 Å². The molecule has 1 saturated carbocycles. The normalized spacial score (nSPS) is 13.8. The van der Waals surface area contributed by atoms with Crippen LogP contribution in [0, 0.1) is 0 Å². The third kappa shape index (κ3) is 5.03. The van der Waals surface area contributed by atoms with Gasteiger partial charge in [-0.15, -0.1) is 10.2 Å². The number of rotatable bonds is 8. The van der Waals surface area contributed by atoms with Gasteiger partial charge in [-0.25, -0.2) is 0 Å². The molecule has 0 spiro atoms. The molecule has 6 nitrogen and oxygen atoms in total. The number of ether oxygens (including phenoxy) is 2. The van der Waals surface area contributed by atoms with Gasteiger partial charge in [0.25, 0.3) is 0 Å². The molecule has 0 unspecified atom stereocenters. The van der Waals surface area contributed by atoms with Crippen LogP contribution in [0.15, 0.2) is 78.2 Å². The van der Waals surface area contributed by atoms with Crippen LogP contribution < -0.4 is 9.47 Å². The minimum atomic E-state index is 0.328. The lowest BCUT2D eigenvalue weighted by Crippen LogP contribution is -2.08. The zero-order chi connectivity index (χ0) is 22.5. The average molecular weight is 459 g/mol. The number of methoxy groups -OCH3 is 1. The molecule has 33 heavy (non-hydrogen) atoms. The second kappa shape index (κ2) is 10.1. The minimum Gasteiger partial charge on any atom is -0.497 e. The van der Waals surface area contributed by atoms with Gasteiger partial charge in [-0.1, -0.05) is 48.9 Å². The van der Waals surface area contributed by atoms with Crippen molar-refractivity contribution in [2.24, 2.45) is 0 Å². The first kappa shape index (κ1) is 21.5. The zero-order valence-electron chi connectivity index (χ0n) is 18.6. The molecule has 2 aromatic carbocycles. The van der Waals surface area contributed by atoms with E-state index < -0.39 is 0 Å². The van der Waals surface area contributed by atoms with Crippen molar-refractivity contribution in [1.82, 2.24) is 19.7 Å². The second-order valence-electron chi connectivity index (χ2n) is 8.01. The fraction of sp³-hybridized carbons (Fsp3) is 0.269. The highest BCUT2D eigenvalue weighted by Crippen LogP contribution is 2.35. The van der Waals surface area contributed by atoms with Crippen molar-refractivity contribution >= 4 is 11.8 Å². The molecule has 0 N–H and O–H groups in total. The Bertz CT molecular complexity index is 1170.